The van der Waals surface area contributed by atoms with Crippen LogP contribution in [0.5, 0.6) is 0 Å². The van der Waals surface area contributed by atoms with E-state index < -0.39 is 0 Å². The lowest BCUT2D eigenvalue weighted by Crippen LogP contribution is -2.19. The van der Waals surface area contributed by atoms with Crippen LogP contribution in [0.1, 0.15) is 29.7 Å². The molecule has 6 rings (SSSR count). The minimum absolute atomic E-state index is 0.0656. The zero-order valence-corrected chi connectivity index (χ0v) is 19.6. The number of carbonyl (C=O) groups is 2. The number of fused-ring (bicyclic) bond motifs is 1. The normalized spacial score (nSPS) is 16.6. The number of anilines is 4. The molecule has 1 aromatic carbocycles. The summed E-state index contributed by atoms with van der Waals surface area (Å²) in [5.41, 5.74) is 4.65. The van der Waals surface area contributed by atoms with Crippen molar-refractivity contribution in [2.24, 2.45) is 0 Å². The molecule has 9 nitrogen and oxygen atoms in total. The zero-order valence-electron chi connectivity index (χ0n) is 18.7. The molecule has 0 bridgehead atoms. The summed E-state index contributed by atoms with van der Waals surface area (Å²) in [4.78, 5) is 29.5. The fourth-order valence-electron chi connectivity index (χ4n) is 3.97. The van der Waals surface area contributed by atoms with Crippen molar-refractivity contribution in [3.8, 4) is 0 Å². The van der Waals surface area contributed by atoms with Crippen molar-refractivity contribution in [2.75, 3.05) is 16.0 Å². The third-order valence-electron chi connectivity index (χ3n) is 5.82. The lowest BCUT2D eigenvalue weighted by atomic mass is 10.1. The Bertz CT molecular complexity index is 1450. The van der Waals surface area contributed by atoms with Crippen LogP contribution in [0.25, 0.3) is 11.7 Å². The predicted octanol–water partition coefficient (Wildman–Crippen LogP) is 4.15. The van der Waals surface area contributed by atoms with Crippen molar-refractivity contribution in [3.05, 3.63) is 70.2 Å². The van der Waals surface area contributed by atoms with Crippen molar-refractivity contribution in [1.29, 1.82) is 0 Å². The zero-order chi connectivity index (χ0) is 23.8. The van der Waals surface area contributed by atoms with Crippen molar-refractivity contribution < 1.29 is 9.59 Å². The molecule has 2 amide bonds. The Kier molecular flexibility index (Phi) is 5.42. The van der Waals surface area contributed by atoms with Gasteiger partial charge in [0.15, 0.2) is 5.65 Å². The molecule has 176 valence electrons. The van der Waals surface area contributed by atoms with Gasteiger partial charge in [-0.05, 0) is 54.6 Å². The van der Waals surface area contributed by atoms with Gasteiger partial charge in [-0.1, -0.05) is 6.07 Å². The summed E-state index contributed by atoms with van der Waals surface area (Å²) < 4.78 is 1.64. The molecule has 1 saturated heterocycles. The Morgan fingerprint density at radius 1 is 1.14 bits per heavy atom. The van der Waals surface area contributed by atoms with E-state index in [1.165, 1.54) is 17.7 Å². The number of amides is 2. The van der Waals surface area contributed by atoms with Gasteiger partial charge >= 0.3 is 0 Å². The van der Waals surface area contributed by atoms with Crippen LogP contribution < -0.4 is 21.3 Å². The highest BCUT2D eigenvalue weighted by molar-refractivity contribution is 7.09. The molecular weight excluding hydrogens is 462 g/mol. The van der Waals surface area contributed by atoms with Gasteiger partial charge in [0, 0.05) is 51.9 Å². The van der Waals surface area contributed by atoms with Gasteiger partial charge in [-0.15, -0.1) is 11.3 Å². The summed E-state index contributed by atoms with van der Waals surface area (Å²) in [5, 5.41) is 19.2. The SMILES string of the molecule is O=C1C/C(=C/c2cnn3ccc(Nc4cc(NCc5cccs5)cc(NC5CC5)c4)nc23)C(=O)N1. The molecule has 0 radical (unpaired) electrons. The minimum atomic E-state index is -0.369. The third-order valence-corrected chi connectivity index (χ3v) is 6.70. The van der Waals surface area contributed by atoms with E-state index in [0.29, 0.717) is 28.6 Å². The second kappa shape index (κ2) is 8.88. The number of nitrogens with one attached hydrogen (secondary N) is 4. The van der Waals surface area contributed by atoms with Gasteiger partial charge in [0.2, 0.25) is 5.91 Å². The smallest absolute Gasteiger partial charge is 0.254 e. The summed E-state index contributed by atoms with van der Waals surface area (Å²) in [6.45, 7) is 0.762. The van der Waals surface area contributed by atoms with E-state index in [0.717, 1.165) is 23.6 Å². The fourth-order valence-corrected chi connectivity index (χ4v) is 4.61. The number of nitrogens with zero attached hydrogens (tertiary/aromatic N) is 3. The largest absolute Gasteiger partial charge is 0.382 e. The maximum absolute atomic E-state index is 12.0. The Labute approximate surface area is 205 Å². The standard InChI is InChI=1S/C25H23N7O2S/c33-23-9-15(25(34)31-23)8-16-13-27-32-6-5-22(30-24(16)32)29-20-11-18(26-14-21-2-1-7-35-21)10-19(12-20)28-17-3-4-17/h1-2,5-8,10-13,17,26,28H,3-4,9,14H2,(H,29,30)(H,31,33,34)/b15-8-. The lowest BCUT2D eigenvalue weighted by Gasteiger charge is -2.14. The minimum Gasteiger partial charge on any atom is -0.382 e. The highest BCUT2D eigenvalue weighted by atomic mass is 32.1. The van der Waals surface area contributed by atoms with E-state index in [1.807, 2.05) is 12.3 Å². The predicted molar refractivity (Wildman–Crippen MR) is 137 cm³/mol. The molecule has 0 spiro atoms. The average molecular weight is 486 g/mol. The number of imide groups is 1. The Balaban J connectivity index is 1.27. The fraction of sp³-hybridized carbons (Fsp3) is 0.200. The number of hydrogen-bond donors (Lipinski definition) is 4. The molecule has 1 saturated carbocycles. The van der Waals surface area contributed by atoms with Gasteiger partial charge < -0.3 is 16.0 Å². The molecule has 2 fully saturated rings. The number of carbonyl (C=O) groups excluding carboxylic acids is 2. The summed E-state index contributed by atoms with van der Waals surface area (Å²) in [5.74, 6) is -0.0141. The number of aromatic nitrogens is 3. The van der Waals surface area contributed by atoms with E-state index in [9.17, 15) is 9.59 Å². The molecule has 1 aliphatic carbocycles. The monoisotopic (exact) mass is 485 g/mol. The van der Waals surface area contributed by atoms with Crippen LogP contribution >= 0.6 is 11.3 Å². The number of benzene rings is 1. The molecule has 10 heteroatoms. The summed E-state index contributed by atoms with van der Waals surface area (Å²) in [7, 11) is 0. The second-order valence-electron chi connectivity index (χ2n) is 8.68. The van der Waals surface area contributed by atoms with E-state index in [2.05, 4.69) is 62.1 Å². The summed E-state index contributed by atoms with van der Waals surface area (Å²) >= 11 is 1.73. The third kappa shape index (κ3) is 4.87. The molecule has 1 aliphatic heterocycles. The Morgan fingerprint density at radius 2 is 2.00 bits per heavy atom. The molecule has 3 aromatic heterocycles. The highest BCUT2D eigenvalue weighted by Crippen LogP contribution is 2.30. The van der Waals surface area contributed by atoms with Crippen molar-refractivity contribution in [1.82, 2.24) is 19.9 Å². The quantitative estimate of drug-likeness (QED) is 0.219. The molecule has 0 atom stereocenters. The summed E-state index contributed by atoms with van der Waals surface area (Å²) in [6.07, 6.45) is 7.58. The topological polar surface area (TPSA) is 112 Å². The first-order chi connectivity index (χ1) is 17.1. The Hall–Kier alpha value is -4.18. The second-order valence-corrected chi connectivity index (χ2v) is 9.71. The van der Waals surface area contributed by atoms with E-state index >= 15 is 0 Å². The van der Waals surface area contributed by atoms with Crippen LogP contribution in [0.3, 0.4) is 0 Å². The van der Waals surface area contributed by atoms with Crippen molar-refractivity contribution >= 4 is 57.8 Å². The molecular formula is C25H23N7O2S. The van der Waals surface area contributed by atoms with Gasteiger partial charge in [-0.2, -0.15) is 5.10 Å². The number of thiophene rings is 1. The van der Waals surface area contributed by atoms with Crippen LogP contribution in [0.15, 0.2) is 59.7 Å². The lowest BCUT2D eigenvalue weighted by molar-refractivity contribution is -0.124. The van der Waals surface area contributed by atoms with Crippen LogP contribution in [-0.4, -0.2) is 32.5 Å². The summed E-state index contributed by atoms with van der Waals surface area (Å²) in [6, 6.07) is 12.8. The molecule has 4 heterocycles. The van der Waals surface area contributed by atoms with Gasteiger partial charge in [-0.3, -0.25) is 14.9 Å². The molecule has 35 heavy (non-hydrogen) atoms. The maximum Gasteiger partial charge on any atom is 0.254 e. The highest BCUT2D eigenvalue weighted by Gasteiger charge is 2.24. The first-order valence-electron chi connectivity index (χ1n) is 11.4. The molecule has 2 aliphatic rings. The first kappa shape index (κ1) is 21.4. The number of hydrogen-bond acceptors (Lipinski definition) is 8. The molecule has 4 N–H and O–H groups in total. The van der Waals surface area contributed by atoms with Crippen molar-refractivity contribution in [2.45, 2.75) is 31.8 Å². The molecule has 0 unspecified atom stereocenters. The van der Waals surface area contributed by atoms with Crippen LogP contribution in [0, 0.1) is 0 Å². The van der Waals surface area contributed by atoms with Gasteiger partial charge in [-0.25, -0.2) is 9.50 Å². The van der Waals surface area contributed by atoms with Gasteiger partial charge in [0.25, 0.3) is 5.91 Å². The molecule has 4 aromatic rings. The van der Waals surface area contributed by atoms with Crippen LogP contribution in [0.4, 0.5) is 22.9 Å². The van der Waals surface area contributed by atoms with E-state index in [4.69, 9.17) is 4.98 Å². The van der Waals surface area contributed by atoms with Gasteiger partial charge in [0.1, 0.15) is 5.82 Å². The van der Waals surface area contributed by atoms with Crippen molar-refractivity contribution in [3.63, 3.8) is 0 Å². The van der Waals surface area contributed by atoms with Gasteiger partial charge in [0.05, 0.1) is 12.6 Å². The number of rotatable bonds is 8. The van der Waals surface area contributed by atoms with Crippen LogP contribution in [-0.2, 0) is 16.1 Å². The maximum atomic E-state index is 12.0. The van der Waals surface area contributed by atoms with E-state index in [-0.39, 0.29) is 18.2 Å². The Morgan fingerprint density at radius 3 is 2.77 bits per heavy atom. The first-order valence-corrected chi connectivity index (χ1v) is 12.3. The van der Waals surface area contributed by atoms with E-state index in [1.54, 1.807) is 28.1 Å². The van der Waals surface area contributed by atoms with Crippen LogP contribution in [0.2, 0.25) is 0 Å². The average Bonchev–Trinajstić information content (AvgIpc) is 3.20.